The number of nitrogens with one attached hydrogen (secondary N) is 1. The lowest BCUT2D eigenvalue weighted by Crippen LogP contribution is -2.38. The summed E-state index contributed by atoms with van der Waals surface area (Å²) in [6.07, 6.45) is 7.87. The lowest BCUT2D eigenvalue weighted by atomic mass is 9.93. The number of nitrogens with zero attached hydrogens (tertiary/aromatic N) is 1. The third-order valence-electron chi connectivity index (χ3n) is 4.80. The first-order chi connectivity index (χ1) is 10.2. The average molecular weight is 292 g/mol. The van der Waals surface area contributed by atoms with Crippen LogP contribution in [0.15, 0.2) is 24.3 Å². The van der Waals surface area contributed by atoms with Gasteiger partial charge in [-0.2, -0.15) is 0 Å². The highest BCUT2D eigenvalue weighted by atomic mass is 19.1. The maximum Gasteiger partial charge on any atom is 0.123 e. The Labute approximate surface area is 128 Å². The van der Waals surface area contributed by atoms with E-state index in [4.69, 9.17) is 0 Å². The standard InChI is InChI=1S/C18H29FN2/c1-3-21(17-10-5-4-6-11-17)13-12-18(20-2)15-8-7-9-16(19)14-15/h7-9,14,17-18,20H,3-6,10-13H2,1-2H3. The molecular weight excluding hydrogens is 263 g/mol. The van der Waals surface area contributed by atoms with Gasteiger partial charge in [0.25, 0.3) is 0 Å². The molecule has 0 bridgehead atoms. The minimum atomic E-state index is -0.146. The van der Waals surface area contributed by atoms with Gasteiger partial charge in [0, 0.05) is 18.6 Å². The summed E-state index contributed by atoms with van der Waals surface area (Å²) in [5.74, 6) is -0.146. The molecule has 0 heterocycles. The van der Waals surface area contributed by atoms with Crippen molar-refractivity contribution in [1.82, 2.24) is 10.2 Å². The normalized spacial score (nSPS) is 18.1. The van der Waals surface area contributed by atoms with Gasteiger partial charge >= 0.3 is 0 Å². The van der Waals surface area contributed by atoms with Crippen molar-refractivity contribution in [3.63, 3.8) is 0 Å². The Balaban J connectivity index is 1.91. The van der Waals surface area contributed by atoms with Crippen molar-refractivity contribution in [3.8, 4) is 0 Å². The summed E-state index contributed by atoms with van der Waals surface area (Å²) in [4.78, 5) is 2.61. The van der Waals surface area contributed by atoms with Crippen molar-refractivity contribution in [2.24, 2.45) is 0 Å². The van der Waals surface area contributed by atoms with Crippen LogP contribution >= 0.6 is 0 Å². The molecule has 1 atom stereocenters. The largest absolute Gasteiger partial charge is 0.313 e. The van der Waals surface area contributed by atoms with E-state index in [1.807, 2.05) is 13.1 Å². The van der Waals surface area contributed by atoms with Gasteiger partial charge in [0.1, 0.15) is 5.82 Å². The van der Waals surface area contributed by atoms with Gasteiger partial charge in [0.05, 0.1) is 0 Å². The molecule has 1 unspecified atom stereocenters. The molecule has 1 aliphatic rings. The fourth-order valence-electron chi connectivity index (χ4n) is 3.54. The van der Waals surface area contributed by atoms with Crippen LogP contribution in [0.1, 0.15) is 57.1 Å². The van der Waals surface area contributed by atoms with Crippen LogP contribution in [-0.4, -0.2) is 31.1 Å². The van der Waals surface area contributed by atoms with E-state index >= 15 is 0 Å². The van der Waals surface area contributed by atoms with Gasteiger partial charge < -0.3 is 10.2 Å². The first kappa shape index (κ1) is 16.4. The predicted octanol–water partition coefficient (Wildman–Crippen LogP) is 4.13. The molecule has 0 saturated heterocycles. The van der Waals surface area contributed by atoms with E-state index in [-0.39, 0.29) is 11.9 Å². The van der Waals surface area contributed by atoms with Crippen molar-refractivity contribution < 1.29 is 4.39 Å². The van der Waals surface area contributed by atoms with Crippen LogP contribution in [0.2, 0.25) is 0 Å². The molecule has 0 amide bonds. The first-order valence-corrected chi connectivity index (χ1v) is 8.41. The highest BCUT2D eigenvalue weighted by Gasteiger charge is 2.20. The summed E-state index contributed by atoms with van der Waals surface area (Å²) >= 11 is 0. The van der Waals surface area contributed by atoms with Crippen LogP contribution in [0.5, 0.6) is 0 Å². The van der Waals surface area contributed by atoms with Crippen molar-refractivity contribution in [2.45, 2.75) is 57.5 Å². The van der Waals surface area contributed by atoms with Crippen molar-refractivity contribution >= 4 is 0 Å². The van der Waals surface area contributed by atoms with Gasteiger partial charge in [-0.05, 0) is 50.6 Å². The fraction of sp³-hybridized carbons (Fsp3) is 0.667. The second-order valence-electron chi connectivity index (χ2n) is 6.11. The van der Waals surface area contributed by atoms with E-state index in [2.05, 4.69) is 17.1 Å². The molecule has 0 aromatic heterocycles. The molecule has 2 nitrogen and oxygen atoms in total. The molecule has 118 valence electrons. The van der Waals surface area contributed by atoms with E-state index in [1.165, 1.54) is 38.2 Å². The molecule has 3 heteroatoms. The van der Waals surface area contributed by atoms with Crippen LogP contribution < -0.4 is 5.32 Å². The molecule has 0 aliphatic heterocycles. The Hall–Kier alpha value is -0.930. The fourth-order valence-corrected chi connectivity index (χ4v) is 3.54. The second-order valence-corrected chi connectivity index (χ2v) is 6.11. The lowest BCUT2D eigenvalue weighted by molar-refractivity contribution is 0.157. The monoisotopic (exact) mass is 292 g/mol. The Morgan fingerprint density at radius 2 is 2.05 bits per heavy atom. The summed E-state index contributed by atoms with van der Waals surface area (Å²) < 4.78 is 13.4. The first-order valence-electron chi connectivity index (χ1n) is 8.41. The third kappa shape index (κ3) is 4.79. The molecular formula is C18H29FN2. The Morgan fingerprint density at radius 1 is 1.29 bits per heavy atom. The topological polar surface area (TPSA) is 15.3 Å². The SMILES string of the molecule is CCN(CCC(NC)c1cccc(F)c1)C1CCCCC1. The molecule has 2 rings (SSSR count). The number of hydrogen-bond acceptors (Lipinski definition) is 2. The molecule has 0 radical (unpaired) electrons. The number of benzene rings is 1. The van der Waals surface area contributed by atoms with E-state index in [0.29, 0.717) is 0 Å². The molecule has 1 aromatic rings. The number of halogens is 1. The molecule has 1 N–H and O–H groups in total. The quantitative estimate of drug-likeness (QED) is 0.813. The average Bonchev–Trinajstić information content (AvgIpc) is 2.52. The van der Waals surface area contributed by atoms with Gasteiger partial charge in [-0.15, -0.1) is 0 Å². The molecule has 1 saturated carbocycles. The number of rotatable bonds is 7. The predicted molar refractivity (Wildman–Crippen MR) is 86.9 cm³/mol. The Kier molecular flexibility index (Phi) is 6.65. The van der Waals surface area contributed by atoms with E-state index < -0.39 is 0 Å². The second kappa shape index (κ2) is 8.50. The third-order valence-corrected chi connectivity index (χ3v) is 4.80. The molecule has 1 aliphatic carbocycles. The van der Waals surface area contributed by atoms with Crippen LogP contribution in [0.4, 0.5) is 4.39 Å². The van der Waals surface area contributed by atoms with Crippen molar-refractivity contribution in [3.05, 3.63) is 35.6 Å². The lowest BCUT2D eigenvalue weighted by Gasteiger charge is -2.34. The van der Waals surface area contributed by atoms with Crippen LogP contribution in [0.3, 0.4) is 0 Å². The van der Waals surface area contributed by atoms with Gasteiger partial charge in [-0.3, -0.25) is 0 Å². The summed E-state index contributed by atoms with van der Waals surface area (Å²) in [5, 5.41) is 3.33. The van der Waals surface area contributed by atoms with E-state index in [9.17, 15) is 4.39 Å². The summed E-state index contributed by atoms with van der Waals surface area (Å²) in [6, 6.07) is 7.97. The molecule has 0 spiro atoms. The zero-order valence-corrected chi connectivity index (χ0v) is 13.4. The zero-order chi connectivity index (χ0) is 15.1. The molecule has 1 aromatic carbocycles. The zero-order valence-electron chi connectivity index (χ0n) is 13.4. The minimum Gasteiger partial charge on any atom is -0.313 e. The van der Waals surface area contributed by atoms with Crippen molar-refractivity contribution in [2.75, 3.05) is 20.1 Å². The minimum absolute atomic E-state index is 0.146. The maximum atomic E-state index is 13.4. The Morgan fingerprint density at radius 3 is 2.67 bits per heavy atom. The van der Waals surface area contributed by atoms with Crippen LogP contribution in [-0.2, 0) is 0 Å². The molecule has 21 heavy (non-hydrogen) atoms. The van der Waals surface area contributed by atoms with Gasteiger partial charge in [0.2, 0.25) is 0 Å². The van der Waals surface area contributed by atoms with Gasteiger partial charge in [-0.1, -0.05) is 38.3 Å². The summed E-state index contributed by atoms with van der Waals surface area (Å²) in [5.41, 5.74) is 1.05. The summed E-state index contributed by atoms with van der Waals surface area (Å²) in [6.45, 7) is 4.46. The van der Waals surface area contributed by atoms with Crippen molar-refractivity contribution in [1.29, 1.82) is 0 Å². The Bertz CT molecular complexity index is 415. The summed E-state index contributed by atoms with van der Waals surface area (Å²) in [7, 11) is 1.96. The van der Waals surface area contributed by atoms with Crippen LogP contribution in [0, 0.1) is 5.82 Å². The maximum absolute atomic E-state index is 13.4. The van der Waals surface area contributed by atoms with Crippen LogP contribution in [0.25, 0.3) is 0 Å². The van der Waals surface area contributed by atoms with E-state index in [1.54, 1.807) is 12.1 Å². The highest BCUT2D eigenvalue weighted by molar-refractivity contribution is 5.20. The van der Waals surface area contributed by atoms with E-state index in [0.717, 1.165) is 31.1 Å². The molecule has 1 fully saturated rings. The highest BCUT2D eigenvalue weighted by Crippen LogP contribution is 2.24. The van der Waals surface area contributed by atoms with Gasteiger partial charge in [-0.25, -0.2) is 4.39 Å². The number of hydrogen-bond donors (Lipinski definition) is 1. The smallest absolute Gasteiger partial charge is 0.123 e. The van der Waals surface area contributed by atoms with Gasteiger partial charge in [0.15, 0.2) is 0 Å².